The number of ether oxygens (including phenoxy) is 1. The number of benzene rings is 1. The summed E-state index contributed by atoms with van der Waals surface area (Å²) in [5.74, 6) is 0. The van der Waals surface area contributed by atoms with Crippen molar-refractivity contribution in [2.75, 3.05) is 6.61 Å². The zero-order valence-corrected chi connectivity index (χ0v) is 11.5. The molecule has 0 spiro atoms. The summed E-state index contributed by atoms with van der Waals surface area (Å²) < 4.78 is 6.06. The highest BCUT2D eigenvalue weighted by Crippen LogP contribution is 2.39. The molecule has 0 saturated carbocycles. The summed E-state index contributed by atoms with van der Waals surface area (Å²) in [4.78, 5) is 0. The normalized spacial score (nSPS) is 29.2. The van der Waals surface area contributed by atoms with Gasteiger partial charge < -0.3 is 4.74 Å². The Balaban J connectivity index is 2.26. The molecule has 17 heavy (non-hydrogen) atoms. The summed E-state index contributed by atoms with van der Waals surface area (Å²) in [5.41, 5.74) is 2.50. The summed E-state index contributed by atoms with van der Waals surface area (Å²) in [6.45, 7) is 5.14. The Bertz CT molecular complexity index is 360. The maximum absolute atomic E-state index is 6.31. The second-order valence-corrected chi connectivity index (χ2v) is 5.45. The first-order valence-corrected chi connectivity index (χ1v) is 7.01. The third-order valence-corrected chi connectivity index (χ3v) is 4.19. The molecule has 2 unspecified atom stereocenters. The van der Waals surface area contributed by atoms with Crippen LogP contribution < -0.4 is 0 Å². The van der Waals surface area contributed by atoms with E-state index in [0.29, 0.717) is 0 Å². The summed E-state index contributed by atoms with van der Waals surface area (Å²) in [6.07, 6.45) is 3.97. The van der Waals surface area contributed by atoms with Gasteiger partial charge in [-0.2, -0.15) is 0 Å². The molecule has 2 heteroatoms. The zero-order valence-electron chi connectivity index (χ0n) is 10.7. The van der Waals surface area contributed by atoms with Gasteiger partial charge in [0.25, 0.3) is 0 Å². The van der Waals surface area contributed by atoms with Gasteiger partial charge in [-0.15, -0.1) is 11.6 Å². The average Bonchev–Trinajstić information content (AvgIpc) is 2.38. The van der Waals surface area contributed by atoms with Gasteiger partial charge in [0, 0.05) is 12.0 Å². The maximum Gasteiger partial charge on any atom is 0.0942 e. The SMILES string of the molecule is CCc1ccc(C2(CC)CC(Cl)CCO2)cc1. The number of alkyl halides is 1. The molecule has 1 nitrogen and oxygen atoms in total. The molecular weight excluding hydrogens is 232 g/mol. The minimum atomic E-state index is -0.156. The molecule has 0 radical (unpaired) electrons. The molecule has 1 heterocycles. The van der Waals surface area contributed by atoms with Crippen molar-refractivity contribution in [1.82, 2.24) is 0 Å². The van der Waals surface area contributed by atoms with Crippen molar-refractivity contribution >= 4 is 11.6 Å². The highest BCUT2D eigenvalue weighted by atomic mass is 35.5. The van der Waals surface area contributed by atoms with Gasteiger partial charge in [-0.3, -0.25) is 0 Å². The van der Waals surface area contributed by atoms with Crippen LogP contribution in [0.2, 0.25) is 0 Å². The second-order valence-electron chi connectivity index (χ2n) is 4.84. The predicted molar refractivity (Wildman–Crippen MR) is 72.6 cm³/mol. The van der Waals surface area contributed by atoms with E-state index in [9.17, 15) is 0 Å². The van der Waals surface area contributed by atoms with Crippen LogP contribution in [0, 0.1) is 0 Å². The molecule has 1 aliphatic heterocycles. The Morgan fingerprint density at radius 1 is 1.29 bits per heavy atom. The van der Waals surface area contributed by atoms with E-state index < -0.39 is 0 Å². The van der Waals surface area contributed by atoms with Gasteiger partial charge in [-0.05, 0) is 36.8 Å². The lowest BCUT2D eigenvalue weighted by Gasteiger charge is -2.39. The van der Waals surface area contributed by atoms with Gasteiger partial charge in [0.1, 0.15) is 0 Å². The van der Waals surface area contributed by atoms with Crippen LogP contribution in [0.4, 0.5) is 0 Å². The third-order valence-electron chi connectivity index (χ3n) is 3.82. The minimum absolute atomic E-state index is 0.156. The first-order chi connectivity index (χ1) is 8.20. The summed E-state index contributed by atoms with van der Waals surface area (Å²) in [5, 5.41) is 0.245. The monoisotopic (exact) mass is 252 g/mol. The number of halogens is 1. The van der Waals surface area contributed by atoms with Crippen LogP contribution in [0.1, 0.15) is 44.2 Å². The van der Waals surface area contributed by atoms with E-state index in [1.807, 2.05) is 0 Å². The van der Waals surface area contributed by atoms with Crippen molar-refractivity contribution in [3.8, 4) is 0 Å². The first kappa shape index (κ1) is 12.9. The van der Waals surface area contributed by atoms with Crippen LogP contribution >= 0.6 is 11.6 Å². The van der Waals surface area contributed by atoms with Gasteiger partial charge in [0.2, 0.25) is 0 Å². The van der Waals surface area contributed by atoms with Gasteiger partial charge >= 0.3 is 0 Å². The van der Waals surface area contributed by atoms with Crippen molar-refractivity contribution in [3.63, 3.8) is 0 Å². The standard InChI is InChI=1S/C15H21ClO/c1-3-12-5-7-13(8-6-12)15(4-2)11-14(16)9-10-17-15/h5-8,14H,3-4,9-11H2,1-2H3. The fourth-order valence-electron chi connectivity index (χ4n) is 2.60. The Morgan fingerprint density at radius 3 is 2.53 bits per heavy atom. The lowest BCUT2D eigenvalue weighted by atomic mass is 9.83. The van der Waals surface area contributed by atoms with E-state index in [2.05, 4.69) is 38.1 Å². The largest absolute Gasteiger partial charge is 0.370 e. The number of hydrogen-bond donors (Lipinski definition) is 0. The smallest absolute Gasteiger partial charge is 0.0942 e. The molecule has 0 aliphatic carbocycles. The molecule has 1 fully saturated rings. The summed E-state index contributed by atoms with van der Waals surface area (Å²) in [6, 6.07) is 8.82. The summed E-state index contributed by atoms with van der Waals surface area (Å²) in [7, 11) is 0. The molecule has 0 bridgehead atoms. The molecule has 2 rings (SSSR count). The van der Waals surface area contributed by atoms with Crippen LogP contribution in [0.15, 0.2) is 24.3 Å². The fraction of sp³-hybridized carbons (Fsp3) is 0.600. The van der Waals surface area contributed by atoms with Crippen LogP contribution in [0.3, 0.4) is 0 Å². The van der Waals surface area contributed by atoms with Crippen LogP contribution in [0.25, 0.3) is 0 Å². The molecule has 1 aromatic rings. The molecule has 1 aromatic carbocycles. The van der Waals surface area contributed by atoms with Crippen LogP contribution in [-0.2, 0) is 16.8 Å². The second kappa shape index (κ2) is 5.41. The minimum Gasteiger partial charge on any atom is -0.370 e. The maximum atomic E-state index is 6.31. The van der Waals surface area contributed by atoms with Crippen molar-refractivity contribution in [2.45, 2.75) is 50.5 Å². The summed E-state index contributed by atoms with van der Waals surface area (Å²) >= 11 is 6.31. The topological polar surface area (TPSA) is 9.23 Å². The number of rotatable bonds is 3. The molecule has 0 N–H and O–H groups in total. The number of hydrogen-bond acceptors (Lipinski definition) is 1. The molecule has 0 amide bonds. The molecule has 1 saturated heterocycles. The van der Waals surface area contributed by atoms with Crippen molar-refractivity contribution in [3.05, 3.63) is 35.4 Å². The van der Waals surface area contributed by atoms with Crippen molar-refractivity contribution < 1.29 is 4.74 Å². The quantitative estimate of drug-likeness (QED) is 0.730. The van der Waals surface area contributed by atoms with Crippen molar-refractivity contribution in [2.24, 2.45) is 0 Å². The Kier molecular flexibility index (Phi) is 4.11. The van der Waals surface area contributed by atoms with Crippen molar-refractivity contribution in [1.29, 1.82) is 0 Å². The van der Waals surface area contributed by atoms with Gasteiger partial charge in [-0.1, -0.05) is 38.1 Å². The zero-order chi connectivity index (χ0) is 12.3. The molecule has 94 valence electrons. The van der Waals surface area contributed by atoms with E-state index in [-0.39, 0.29) is 11.0 Å². The average molecular weight is 253 g/mol. The van der Waals surface area contributed by atoms with E-state index in [0.717, 1.165) is 32.3 Å². The molecule has 1 aliphatic rings. The molecular formula is C15H21ClO. The highest BCUT2D eigenvalue weighted by Gasteiger charge is 2.36. The van der Waals surface area contributed by atoms with Gasteiger partial charge in [0.05, 0.1) is 5.60 Å². The first-order valence-electron chi connectivity index (χ1n) is 6.57. The predicted octanol–water partition coefficient (Wildman–Crippen LogP) is 4.27. The van der Waals surface area contributed by atoms with E-state index >= 15 is 0 Å². The molecule has 0 aromatic heterocycles. The van der Waals surface area contributed by atoms with Crippen LogP contribution in [0.5, 0.6) is 0 Å². The van der Waals surface area contributed by atoms with E-state index in [1.54, 1.807) is 0 Å². The Hall–Kier alpha value is -0.530. The van der Waals surface area contributed by atoms with Crippen LogP contribution in [-0.4, -0.2) is 12.0 Å². The Labute approximate surface area is 109 Å². The van der Waals surface area contributed by atoms with E-state index in [4.69, 9.17) is 16.3 Å². The Morgan fingerprint density at radius 2 is 2.00 bits per heavy atom. The fourth-order valence-corrected chi connectivity index (χ4v) is 2.94. The highest BCUT2D eigenvalue weighted by molar-refractivity contribution is 6.20. The lowest BCUT2D eigenvalue weighted by molar-refractivity contribution is -0.0847. The van der Waals surface area contributed by atoms with Gasteiger partial charge in [0.15, 0.2) is 0 Å². The lowest BCUT2D eigenvalue weighted by Crippen LogP contribution is -2.37. The number of aryl methyl sites for hydroxylation is 1. The molecule has 2 atom stereocenters. The third kappa shape index (κ3) is 2.66. The van der Waals surface area contributed by atoms with E-state index in [1.165, 1.54) is 11.1 Å². The van der Waals surface area contributed by atoms with Gasteiger partial charge in [-0.25, -0.2) is 0 Å².